The van der Waals surface area contributed by atoms with E-state index < -0.39 is 0 Å². The van der Waals surface area contributed by atoms with Crippen LogP contribution in [0.1, 0.15) is 31.9 Å². The second-order valence-electron chi connectivity index (χ2n) is 4.14. The third-order valence-electron chi connectivity index (χ3n) is 3.12. The molecule has 1 aromatic heterocycles. The molecular formula is C13H17N3. The summed E-state index contributed by atoms with van der Waals surface area (Å²) in [5.41, 5.74) is 8.12. The molecule has 2 N–H and O–H groups in total. The van der Waals surface area contributed by atoms with Crippen LogP contribution in [-0.4, -0.2) is 16.0 Å². The Morgan fingerprint density at radius 2 is 2.00 bits per heavy atom. The quantitative estimate of drug-likeness (QED) is 0.855. The first kappa shape index (κ1) is 11.0. The zero-order valence-corrected chi connectivity index (χ0v) is 9.72. The lowest BCUT2D eigenvalue weighted by Gasteiger charge is -2.18. The Kier molecular flexibility index (Phi) is 3.15. The van der Waals surface area contributed by atoms with Crippen molar-refractivity contribution in [3.63, 3.8) is 0 Å². The lowest BCUT2D eigenvalue weighted by atomic mass is 9.94. The van der Waals surface area contributed by atoms with E-state index in [1.807, 2.05) is 18.2 Å². The molecular weight excluding hydrogens is 198 g/mol. The van der Waals surface area contributed by atoms with Gasteiger partial charge in [0.05, 0.1) is 11.2 Å². The van der Waals surface area contributed by atoms with Gasteiger partial charge in [-0.3, -0.25) is 0 Å². The van der Waals surface area contributed by atoms with Crippen molar-refractivity contribution in [3.8, 4) is 0 Å². The van der Waals surface area contributed by atoms with Gasteiger partial charge in [0.1, 0.15) is 6.33 Å². The molecule has 0 aliphatic carbocycles. The number of benzene rings is 1. The summed E-state index contributed by atoms with van der Waals surface area (Å²) >= 11 is 0. The molecule has 3 nitrogen and oxygen atoms in total. The van der Waals surface area contributed by atoms with Crippen LogP contribution in [0.25, 0.3) is 10.9 Å². The number of rotatable bonds is 3. The fraction of sp³-hybridized carbons (Fsp3) is 0.385. The minimum atomic E-state index is 0.151. The van der Waals surface area contributed by atoms with E-state index >= 15 is 0 Å². The minimum absolute atomic E-state index is 0.151. The van der Waals surface area contributed by atoms with Crippen molar-refractivity contribution in [1.29, 1.82) is 0 Å². The van der Waals surface area contributed by atoms with Gasteiger partial charge < -0.3 is 5.73 Å². The predicted octanol–water partition coefficient (Wildman–Crippen LogP) is 2.47. The van der Waals surface area contributed by atoms with Gasteiger partial charge in [-0.05, 0) is 12.5 Å². The van der Waals surface area contributed by atoms with Gasteiger partial charge in [-0.2, -0.15) is 0 Å². The summed E-state index contributed by atoms with van der Waals surface area (Å²) in [6.45, 7) is 4.23. The summed E-state index contributed by atoms with van der Waals surface area (Å²) in [5.74, 6) is 0.262. The van der Waals surface area contributed by atoms with E-state index in [1.54, 1.807) is 6.33 Å². The third-order valence-corrected chi connectivity index (χ3v) is 3.12. The number of hydrogen-bond acceptors (Lipinski definition) is 3. The molecule has 0 aliphatic heterocycles. The minimum Gasteiger partial charge on any atom is -0.327 e. The van der Waals surface area contributed by atoms with Gasteiger partial charge in [0, 0.05) is 17.3 Å². The van der Waals surface area contributed by atoms with Crippen molar-refractivity contribution >= 4 is 10.9 Å². The third kappa shape index (κ3) is 1.91. The van der Waals surface area contributed by atoms with Crippen molar-refractivity contribution in [2.75, 3.05) is 0 Å². The van der Waals surface area contributed by atoms with Gasteiger partial charge in [-0.15, -0.1) is 0 Å². The topological polar surface area (TPSA) is 51.8 Å². The molecule has 2 unspecified atom stereocenters. The standard InChI is InChI=1S/C13H17N3/c1-3-11(14)9(2)13-10-6-4-5-7-12(10)15-8-16-13/h4-9,11H,3,14H2,1-2H3. The summed E-state index contributed by atoms with van der Waals surface area (Å²) in [5, 5.41) is 1.11. The van der Waals surface area contributed by atoms with Gasteiger partial charge in [0.2, 0.25) is 0 Å². The zero-order chi connectivity index (χ0) is 11.5. The number of para-hydroxylation sites is 1. The van der Waals surface area contributed by atoms with E-state index in [0.717, 1.165) is 23.0 Å². The summed E-state index contributed by atoms with van der Waals surface area (Å²) in [7, 11) is 0. The van der Waals surface area contributed by atoms with Crippen LogP contribution in [0.15, 0.2) is 30.6 Å². The first-order chi connectivity index (χ1) is 7.74. The molecule has 0 spiro atoms. The second kappa shape index (κ2) is 4.58. The Balaban J connectivity index is 2.52. The van der Waals surface area contributed by atoms with Crippen LogP contribution in [0, 0.1) is 0 Å². The lowest BCUT2D eigenvalue weighted by Crippen LogP contribution is -2.26. The van der Waals surface area contributed by atoms with Crippen molar-refractivity contribution in [2.45, 2.75) is 32.2 Å². The first-order valence-corrected chi connectivity index (χ1v) is 5.69. The predicted molar refractivity (Wildman–Crippen MR) is 66.2 cm³/mol. The van der Waals surface area contributed by atoms with Gasteiger partial charge in [-0.25, -0.2) is 9.97 Å². The molecule has 3 heteroatoms. The van der Waals surface area contributed by atoms with Crippen LogP contribution in [-0.2, 0) is 0 Å². The Hall–Kier alpha value is -1.48. The van der Waals surface area contributed by atoms with Gasteiger partial charge in [0.15, 0.2) is 0 Å². The van der Waals surface area contributed by atoms with Crippen LogP contribution in [0.4, 0.5) is 0 Å². The summed E-state index contributed by atoms with van der Waals surface area (Å²) in [6, 6.07) is 8.22. The molecule has 2 rings (SSSR count). The van der Waals surface area contributed by atoms with Crippen molar-refractivity contribution in [2.24, 2.45) is 5.73 Å². The number of nitrogens with zero attached hydrogens (tertiary/aromatic N) is 2. The van der Waals surface area contributed by atoms with Crippen molar-refractivity contribution in [3.05, 3.63) is 36.3 Å². The molecule has 16 heavy (non-hydrogen) atoms. The van der Waals surface area contributed by atoms with Crippen LogP contribution in [0.5, 0.6) is 0 Å². The largest absolute Gasteiger partial charge is 0.327 e. The van der Waals surface area contributed by atoms with E-state index in [4.69, 9.17) is 5.73 Å². The van der Waals surface area contributed by atoms with Gasteiger partial charge in [-0.1, -0.05) is 32.0 Å². The molecule has 0 amide bonds. The normalized spacial score (nSPS) is 14.9. The van der Waals surface area contributed by atoms with E-state index in [1.165, 1.54) is 0 Å². The van der Waals surface area contributed by atoms with Gasteiger partial charge >= 0.3 is 0 Å². The Labute approximate surface area is 95.7 Å². The molecule has 0 saturated carbocycles. The summed E-state index contributed by atoms with van der Waals surface area (Å²) in [4.78, 5) is 8.64. The average molecular weight is 215 g/mol. The fourth-order valence-corrected chi connectivity index (χ4v) is 1.94. The average Bonchev–Trinajstić information content (AvgIpc) is 2.36. The summed E-state index contributed by atoms with van der Waals surface area (Å²) < 4.78 is 0. The zero-order valence-electron chi connectivity index (χ0n) is 9.72. The van der Waals surface area contributed by atoms with Gasteiger partial charge in [0.25, 0.3) is 0 Å². The molecule has 0 radical (unpaired) electrons. The second-order valence-corrected chi connectivity index (χ2v) is 4.14. The van der Waals surface area contributed by atoms with E-state index in [9.17, 15) is 0 Å². The maximum Gasteiger partial charge on any atom is 0.116 e. The van der Waals surface area contributed by atoms with Crippen LogP contribution < -0.4 is 5.73 Å². The van der Waals surface area contributed by atoms with E-state index in [0.29, 0.717) is 0 Å². The highest BCUT2D eigenvalue weighted by Gasteiger charge is 2.16. The number of fused-ring (bicyclic) bond motifs is 1. The molecule has 2 aromatic rings. The highest BCUT2D eigenvalue weighted by Crippen LogP contribution is 2.24. The van der Waals surface area contributed by atoms with Crippen LogP contribution >= 0.6 is 0 Å². The highest BCUT2D eigenvalue weighted by atomic mass is 14.8. The maximum absolute atomic E-state index is 6.08. The molecule has 2 atom stereocenters. The number of hydrogen-bond donors (Lipinski definition) is 1. The first-order valence-electron chi connectivity index (χ1n) is 5.69. The lowest BCUT2D eigenvalue weighted by molar-refractivity contribution is 0.543. The van der Waals surface area contributed by atoms with Crippen molar-refractivity contribution < 1.29 is 0 Å². The van der Waals surface area contributed by atoms with E-state index in [2.05, 4.69) is 29.9 Å². The Bertz CT molecular complexity index is 476. The Morgan fingerprint density at radius 1 is 1.25 bits per heavy atom. The van der Waals surface area contributed by atoms with Crippen LogP contribution in [0.2, 0.25) is 0 Å². The SMILES string of the molecule is CCC(N)C(C)c1ncnc2ccccc12. The summed E-state index contributed by atoms with van der Waals surface area (Å²) in [6.07, 6.45) is 2.58. The molecule has 1 heterocycles. The monoisotopic (exact) mass is 215 g/mol. The number of aromatic nitrogens is 2. The van der Waals surface area contributed by atoms with E-state index in [-0.39, 0.29) is 12.0 Å². The Morgan fingerprint density at radius 3 is 2.75 bits per heavy atom. The molecule has 0 aliphatic rings. The smallest absolute Gasteiger partial charge is 0.116 e. The maximum atomic E-state index is 6.08. The van der Waals surface area contributed by atoms with Crippen molar-refractivity contribution in [1.82, 2.24) is 9.97 Å². The van der Waals surface area contributed by atoms with Crippen LogP contribution in [0.3, 0.4) is 0 Å². The molecule has 84 valence electrons. The number of nitrogens with two attached hydrogens (primary N) is 1. The molecule has 0 saturated heterocycles. The highest BCUT2D eigenvalue weighted by molar-refractivity contribution is 5.81. The molecule has 0 fully saturated rings. The molecule has 1 aromatic carbocycles. The fourth-order valence-electron chi connectivity index (χ4n) is 1.94. The molecule has 0 bridgehead atoms.